The van der Waals surface area contributed by atoms with Gasteiger partial charge in [0.15, 0.2) is 0 Å². The van der Waals surface area contributed by atoms with Crippen LogP contribution in [0.4, 0.5) is 0 Å². The van der Waals surface area contributed by atoms with Gasteiger partial charge in [0.05, 0.1) is 12.6 Å². The molecule has 0 aliphatic carbocycles. The average molecular weight is 277 g/mol. The summed E-state index contributed by atoms with van der Waals surface area (Å²) in [5.41, 5.74) is 0. The van der Waals surface area contributed by atoms with Crippen molar-refractivity contribution in [3.05, 3.63) is 0 Å². The molecule has 0 saturated carbocycles. The van der Waals surface area contributed by atoms with Crippen molar-refractivity contribution in [3.63, 3.8) is 0 Å². The predicted molar refractivity (Wildman–Crippen MR) is 85.8 cm³/mol. The molecule has 0 aromatic carbocycles. The molecule has 1 atom stereocenters. The third-order valence-corrected chi connectivity index (χ3v) is 4.68. The van der Waals surface area contributed by atoms with Gasteiger partial charge in [-0.05, 0) is 65.0 Å². The summed E-state index contributed by atoms with van der Waals surface area (Å²) in [6, 6.07) is 0.464. The fourth-order valence-electron chi connectivity index (χ4n) is 3.24. The molecule has 0 amide bonds. The number of rotatable bonds is 6. The van der Waals surface area contributed by atoms with Crippen LogP contribution in [0.3, 0.4) is 0 Å². The second-order valence-electron chi connectivity index (χ2n) is 6.05. The van der Waals surface area contributed by atoms with Gasteiger partial charge in [-0.3, -0.25) is 9.80 Å². The Hall–Kier alpha value is -0.560. The van der Waals surface area contributed by atoms with Gasteiger partial charge in [-0.1, -0.05) is 25.7 Å². The minimum absolute atomic E-state index is 0.464. The van der Waals surface area contributed by atoms with Crippen LogP contribution in [0.25, 0.3) is 0 Å². The van der Waals surface area contributed by atoms with E-state index in [9.17, 15) is 0 Å². The zero-order chi connectivity index (χ0) is 14.2. The molecule has 2 saturated heterocycles. The van der Waals surface area contributed by atoms with Gasteiger partial charge in [0.2, 0.25) is 0 Å². The van der Waals surface area contributed by atoms with E-state index in [2.05, 4.69) is 40.4 Å². The molecule has 0 spiro atoms. The first-order valence-electron chi connectivity index (χ1n) is 8.50. The SMILES string of the molecule is CCN(CC)CC#CC(CN1CCCC1)N1CCCC1. The summed E-state index contributed by atoms with van der Waals surface area (Å²) in [5.74, 6) is 7.03. The van der Waals surface area contributed by atoms with E-state index in [0.717, 1.165) is 26.2 Å². The molecular weight excluding hydrogens is 246 g/mol. The van der Waals surface area contributed by atoms with Crippen LogP contribution in [0.2, 0.25) is 0 Å². The molecule has 114 valence electrons. The standard InChI is InChI=1S/C17H31N3/c1-3-18(4-2)13-9-10-17(20-14-7-8-15-20)16-19-11-5-6-12-19/h17H,3-8,11-16H2,1-2H3. The van der Waals surface area contributed by atoms with Gasteiger partial charge in [0, 0.05) is 6.54 Å². The highest BCUT2D eigenvalue weighted by atomic mass is 15.2. The number of likely N-dealkylation sites (tertiary alicyclic amines) is 2. The van der Waals surface area contributed by atoms with E-state index in [4.69, 9.17) is 0 Å². The Bertz CT molecular complexity index is 315. The van der Waals surface area contributed by atoms with Crippen molar-refractivity contribution in [2.45, 2.75) is 45.6 Å². The molecule has 0 N–H and O–H groups in total. The van der Waals surface area contributed by atoms with Crippen molar-refractivity contribution in [2.24, 2.45) is 0 Å². The molecule has 2 aliphatic heterocycles. The molecular formula is C17H31N3. The summed E-state index contributed by atoms with van der Waals surface area (Å²) in [6.07, 6.45) is 5.46. The monoisotopic (exact) mass is 277 g/mol. The minimum Gasteiger partial charge on any atom is -0.301 e. The van der Waals surface area contributed by atoms with Crippen molar-refractivity contribution in [1.29, 1.82) is 0 Å². The summed E-state index contributed by atoms with van der Waals surface area (Å²) in [4.78, 5) is 7.60. The molecule has 2 rings (SSSR count). The second kappa shape index (κ2) is 8.67. The third-order valence-electron chi connectivity index (χ3n) is 4.68. The average Bonchev–Trinajstić information content (AvgIpc) is 3.14. The van der Waals surface area contributed by atoms with Crippen molar-refractivity contribution in [2.75, 3.05) is 52.4 Å². The Morgan fingerprint density at radius 2 is 1.55 bits per heavy atom. The van der Waals surface area contributed by atoms with Gasteiger partial charge in [0.25, 0.3) is 0 Å². The smallest absolute Gasteiger partial charge is 0.0843 e. The zero-order valence-corrected chi connectivity index (χ0v) is 13.4. The van der Waals surface area contributed by atoms with Crippen molar-refractivity contribution in [1.82, 2.24) is 14.7 Å². The molecule has 0 aromatic heterocycles. The Balaban J connectivity index is 1.89. The topological polar surface area (TPSA) is 9.72 Å². The van der Waals surface area contributed by atoms with E-state index in [-0.39, 0.29) is 0 Å². The van der Waals surface area contributed by atoms with Crippen molar-refractivity contribution in [3.8, 4) is 11.8 Å². The lowest BCUT2D eigenvalue weighted by Crippen LogP contribution is -2.41. The van der Waals surface area contributed by atoms with E-state index in [0.29, 0.717) is 6.04 Å². The van der Waals surface area contributed by atoms with Crippen LogP contribution in [-0.4, -0.2) is 73.1 Å². The van der Waals surface area contributed by atoms with Gasteiger partial charge in [-0.25, -0.2) is 0 Å². The molecule has 2 fully saturated rings. The van der Waals surface area contributed by atoms with Crippen molar-refractivity contribution >= 4 is 0 Å². The Kier molecular flexibility index (Phi) is 6.86. The molecule has 2 heterocycles. The highest BCUT2D eigenvalue weighted by Gasteiger charge is 2.23. The summed E-state index contributed by atoms with van der Waals surface area (Å²) in [7, 11) is 0. The number of nitrogens with zero attached hydrogens (tertiary/aromatic N) is 3. The highest BCUT2D eigenvalue weighted by molar-refractivity contribution is 5.11. The van der Waals surface area contributed by atoms with E-state index in [1.807, 2.05) is 0 Å². The Morgan fingerprint density at radius 3 is 2.15 bits per heavy atom. The molecule has 2 aliphatic rings. The lowest BCUT2D eigenvalue weighted by atomic mass is 10.2. The van der Waals surface area contributed by atoms with Gasteiger partial charge in [-0.2, -0.15) is 0 Å². The molecule has 3 heteroatoms. The zero-order valence-electron chi connectivity index (χ0n) is 13.4. The van der Waals surface area contributed by atoms with Crippen LogP contribution in [0, 0.1) is 11.8 Å². The minimum atomic E-state index is 0.464. The summed E-state index contributed by atoms with van der Waals surface area (Å²) < 4.78 is 0. The Morgan fingerprint density at radius 1 is 0.950 bits per heavy atom. The Labute approximate surface area is 125 Å². The van der Waals surface area contributed by atoms with E-state index < -0.39 is 0 Å². The molecule has 0 aromatic rings. The first-order valence-corrected chi connectivity index (χ1v) is 8.50. The van der Waals surface area contributed by atoms with Crippen LogP contribution < -0.4 is 0 Å². The van der Waals surface area contributed by atoms with Crippen LogP contribution >= 0.6 is 0 Å². The van der Waals surface area contributed by atoms with Gasteiger partial charge < -0.3 is 4.90 Å². The number of hydrogen-bond acceptors (Lipinski definition) is 3. The maximum absolute atomic E-state index is 3.58. The molecule has 0 radical (unpaired) electrons. The summed E-state index contributed by atoms with van der Waals surface area (Å²) in [6.45, 7) is 13.8. The van der Waals surface area contributed by atoms with Gasteiger partial charge in [-0.15, -0.1) is 0 Å². The van der Waals surface area contributed by atoms with Crippen LogP contribution in [-0.2, 0) is 0 Å². The normalized spacial score (nSPS) is 22.1. The van der Waals surface area contributed by atoms with E-state index in [1.54, 1.807) is 0 Å². The van der Waals surface area contributed by atoms with Crippen LogP contribution in [0.1, 0.15) is 39.5 Å². The summed E-state index contributed by atoms with van der Waals surface area (Å²) >= 11 is 0. The molecule has 3 nitrogen and oxygen atoms in total. The largest absolute Gasteiger partial charge is 0.301 e. The van der Waals surface area contributed by atoms with E-state index in [1.165, 1.54) is 51.9 Å². The van der Waals surface area contributed by atoms with Crippen LogP contribution in [0.5, 0.6) is 0 Å². The predicted octanol–water partition coefficient (Wildman–Crippen LogP) is 1.89. The fourth-order valence-corrected chi connectivity index (χ4v) is 3.24. The van der Waals surface area contributed by atoms with E-state index >= 15 is 0 Å². The fraction of sp³-hybridized carbons (Fsp3) is 0.882. The molecule has 1 unspecified atom stereocenters. The van der Waals surface area contributed by atoms with Gasteiger partial charge >= 0.3 is 0 Å². The lowest BCUT2D eigenvalue weighted by Gasteiger charge is -2.27. The molecule has 0 bridgehead atoms. The summed E-state index contributed by atoms with van der Waals surface area (Å²) in [5, 5.41) is 0. The highest BCUT2D eigenvalue weighted by Crippen LogP contribution is 2.15. The second-order valence-corrected chi connectivity index (χ2v) is 6.05. The maximum Gasteiger partial charge on any atom is 0.0843 e. The van der Waals surface area contributed by atoms with Crippen LogP contribution in [0.15, 0.2) is 0 Å². The third kappa shape index (κ3) is 4.77. The van der Waals surface area contributed by atoms with Crippen molar-refractivity contribution < 1.29 is 0 Å². The number of hydrogen-bond donors (Lipinski definition) is 0. The maximum atomic E-state index is 3.58. The molecule has 20 heavy (non-hydrogen) atoms. The van der Waals surface area contributed by atoms with Gasteiger partial charge in [0.1, 0.15) is 0 Å². The lowest BCUT2D eigenvalue weighted by molar-refractivity contribution is 0.217. The quantitative estimate of drug-likeness (QED) is 0.687. The first kappa shape index (κ1) is 15.8. The first-order chi connectivity index (χ1) is 9.83.